The lowest BCUT2D eigenvalue weighted by Gasteiger charge is -2.05. The fourth-order valence-corrected chi connectivity index (χ4v) is 0.867. The molecule has 0 atom stereocenters. The van der Waals surface area contributed by atoms with Crippen LogP contribution in [0.25, 0.3) is 0 Å². The first kappa shape index (κ1) is 9.58. The quantitative estimate of drug-likeness (QED) is 0.719. The molecule has 13 heavy (non-hydrogen) atoms. The molecule has 0 saturated carbocycles. The monoisotopic (exact) mass is 179 g/mol. The van der Waals surface area contributed by atoms with E-state index in [-0.39, 0.29) is 5.91 Å². The van der Waals surface area contributed by atoms with Crippen molar-refractivity contribution in [2.75, 3.05) is 0 Å². The molecule has 3 nitrogen and oxygen atoms in total. The van der Waals surface area contributed by atoms with Crippen LogP contribution in [0.15, 0.2) is 24.3 Å². The number of nitrogens with one attached hydrogen (secondary N) is 1. The molecule has 0 bridgehead atoms. The van der Waals surface area contributed by atoms with Crippen molar-refractivity contribution in [3.63, 3.8) is 0 Å². The summed E-state index contributed by atoms with van der Waals surface area (Å²) < 4.78 is 0. The normalized spacial score (nSPS) is 9.38. The van der Waals surface area contributed by atoms with Crippen molar-refractivity contribution in [1.82, 2.24) is 5.48 Å². The molecular weight excluding hydrogens is 166 g/mol. The average Bonchev–Trinajstić information content (AvgIpc) is 2.14. The van der Waals surface area contributed by atoms with Gasteiger partial charge in [-0.2, -0.15) is 5.48 Å². The largest absolute Gasteiger partial charge is 0.380 e. The Hall–Kier alpha value is -1.51. The molecular formula is C10H13NO2. The van der Waals surface area contributed by atoms with Gasteiger partial charge in [-0.1, -0.05) is 19.1 Å². The first-order valence-electron chi connectivity index (χ1n) is 4.24. The highest BCUT2D eigenvalue weighted by Gasteiger charge is 1.97. The van der Waals surface area contributed by atoms with Crippen LogP contribution >= 0.6 is 0 Å². The summed E-state index contributed by atoms with van der Waals surface area (Å²) >= 11 is 0. The van der Waals surface area contributed by atoms with E-state index in [1.807, 2.05) is 25.1 Å². The van der Waals surface area contributed by atoms with E-state index in [2.05, 4.69) is 5.48 Å². The van der Waals surface area contributed by atoms with Gasteiger partial charge in [0.1, 0.15) is 0 Å². The number of amides is 1. The summed E-state index contributed by atoms with van der Waals surface area (Å²) in [5.74, 6) is 0.531. The Kier molecular flexibility index (Phi) is 3.31. The SMILES string of the molecule is CCC(=O)NOc1cccc(C)c1. The Balaban J connectivity index is 2.50. The molecule has 1 amide bonds. The Morgan fingerprint density at radius 3 is 2.92 bits per heavy atom. The molecule has 0 aromatic heterocycles. The van der Waals surface area contributed by atoms with Gasteiger partial charge >= 0.3 is 0 Å². The predicted molar refractivity (Wildman–Crippen MR) is 50.2 cm³/mol. The number of carbonyl (C=O) groups excluding carboxylic acids is 1. The third-order valence-corrected chi connectivity index (χ3v) is 1.59. The number of carbonyl (C=O) groups is 1. The van der Waals surface area contributed by atoms with Crippen molar-refractivity contribution in [1.29, 1.82) is 0 Å². The average molecular weight is 179 g/mol. The van der Waals surface area contributed by atoms with E-state index in [0.717, 1.165) is 5.56 Å². The topological polar surface area (TPSA) is 38.3 Å². The molecule has 0 unspecified atom stereocenters. The maximum absolute atomic E-state index is 10.8. The lowest BCUT2D eigenvalue weighted by Crippen LogP contribution is -2.25. The van der Waals surface area contributed by atoms with E-state index in [1.54, 1.807) is 13.0 Å². The highest BCUT2D eigenvalue weighted by atomic mass is 16.7. The second-order valence-corrected chi connectivity index (χ2v) is 2.80. The van der Waals surface area contributed by atoms with Gasteiger partial charge in [0, 0.05) is 6.42 Å². The van der Waals surface area contributed by atoms with Crippen molar-refractivity contribution < 1.29 is 9.63 Å². The molecule has 0 aliphatic carbocycles. The van der Waals surface area contributed by atoms with E-state index in [9.17, 15) is 4.79 Å². The van der Waals surface area contributed by atoms with Crippen molar-refractivity contribution >= 4 is 5.91 Å². The van der Waals surface area contributed by atoms with Gasteiger partial charge in [0.25, 0.3) is 5.91 Å². The van der Waals surface area contributed by atoms with Gasteiger partial charge < -0.3 is 4.84 Å². The van der Waals surface area contributed by atoms with Crippen molar-refractivity contribution in [3.05, 3.63) is 29.8 Å². The molecule has 0 radical (unpaired) electrons. The first-order valence-corrected chi connectivity index (χ1v) is 4.24. The number of hydrogen-bond acceptors (Lipinski definition) is 2. The predicted octanol–water partition coefficient (Wildman–Crippen LogP) is 1.82. The molecule has 0 spiro atoms. The second kappa shape index (κ2) is 4.50. The number of aryl methyl sites for hydroxylation is 1. The van der Waals surface area contributed by atoms with Crippen molar-refractivity contribution in [2.24, 2.45) is 0 Å². The highest BCUT2D eigenvalue weighted by Crippen LogP contribution is 2.10. The summed E-state index contributed by atoms with van der Waals surface area (Å²) in [5, 5.41) is 0. The lowest BCUT2D eigenvalue weighted by molar-refractivity contribution is -0.127. The van der Waals surface area contributed by atoms with Gasteiger partial charge in [0.05, 0.1) is 0 Å². The Bertz CT molecular complexity index is 297. The summed E-state index contributed by atoms with van der Waals surface area (Å²) in [6.07, 6.45) is 0.422. The second-order valence-electron chi connectivity index (χ2n) is 2.80. The van der Waals surface area contributed by atoms with Crippen molar-refractivity contribution in [3.8, 4) is 5.75 Å². The molecule has 1 N–H and O–H groups in total. The van der Waals surface area contributed by atoms with E-state index in [4.69, 9.17) is 4.84 Å². The summed E-state index contributed by atoms with van der Waals surface area (Å²) in [6, 6.07) is 7.50. The summed E-state index contributed by atoms with van der Waals surface area (Å²) in [5.41, 5.74) is 3.44. The maximum Gasteiger partial charge on any atom is 0.252 e. The lowest BCUT2D eigenvalue weighted by atomic mass is 10.2. The summed E-state index contributed by atoms with van der Waals surface area (Å²) in [4.78, 5) is 15.9. The van der Waals surface area contributed by atoms with Crippen LogP contribution in [0.4, 0.5) is 0 Å². The van der Waals surface area contributed by atoms with Gasteiger partial charge in [0.2, 0.25) is 0 Å². The van der Waals surface area contributed by atoms with Crippen LogP contribution in [-0.4, -0.2) is 5.91 Å². The van der Waals surface area contributed by atoms with Gasteiger partial charge in [-0.3, -0.25) is 4.79 Å². The molecule has 1 aromatic carbocycles. The summed E-state index contributed by atoms with van der Waals surface area (Å²) in [6.45, 7) is 3.74. The summed E-state index contributed by atoms with van der Waals surface area (Å²) in [7, 11) is 0. The highest BCUT2D eigenvalue weighted by molar-refractivity contribution is 5.74. The van der Waals surface area contributed by atoms with Crippen LogP contribution in [-0.2, 0) is 4.79 Å². The molecule has 1 aromatic rings. The molecule has 0 heterocycles. The van der Waals surface area contributed by atoms with Crippen LogP contribution in [0.1, 0.15) is 18.9 Å². The molecule has 0 saturated heterocycles. The minimum Gasteiger partial charge on any atom is -0.380 e. The van der Waals surface area contributed by atoms with Gasteiger partial charge in [0.15, 0.2) is 5.75 Å². The molecule has 1 rings (SSSR count). The van der Waals surface area contributed by atoms with E-state index in [1.165, 1.54) is 0 Å². The van der Waals surface area contributed by atoms with Crippen LogP contribution in [0.3, 0.4) is 0 Å². The maximum atomic E-state index is 10.8. The fourth-order valence-electron chi connectivity index (χ4n) is 0.867. The van der Waals surface area contributed by atoms with E-state index < -0.39 is 0 Å². The number of hydroxylamine groups is 1. The standard InChI is InChI=1S/C10H13NO2/c1-3-10(12)11-13-9-6-4-5-8(2)7-9/h4-7H,3H2,1-2H3,(H,11,12). The van der Waals surface area contributed by atoms with Crippen LogP contribution in [0, 0.1) is 6.92 Å². The minimum absolute atomic E-state index is 0.124. The molecule has 70 valence electrons. The van der Waals surface area contributed by atoms with E-state index >= 15 is 0 Å². The Morgan fingerprint density at radius 1 is 1.54 bits per heavy atom. The fraction of sp³-hybridized carbons (Fsp3) is 0.300. The minimum atomic E-state index is -0.124. The van der Waals surface area contributed by atoms with Crippen LogP contribution < -0.4 is 10.3 Å². The van der Waals surface area contributed by atoms with Gasteiger partial charge in [-0.05, 0) is 24.6 Å². The Morgan fingerprint density at radius 2 is 2.31 bits per heavy atom. The first-order chi connectivity index (χ1) is 6.22. The zero-order valence-electron chi connectivity index (χ0n) is 7.83. The smallest absolute Gasteiger partial charge is 0.252 e. The zero-order valence-corrected chi connectivity index (χ0v) is 7.83. The molecule has 0 aliphatic heterocycles. The molecule has 3 heteroatoms. The third kappa shape index (κ3) is 3.15. The molecule has 0 aliphatic rings. The number of benzene rings is 1. The number of hydrogen-bond donors (Lipinski definition) is 1. The number of rotatable bonds is 3. The van der Waals surface area contributed by atoms with Gasteiger partial charge in [-0.15, -0.1) is 0 Å². The van der Waals surface area contributed by atoms with Gasteiger partial charge in [-0.25, -0.2) is 0 Å². The van der Waals surface area contributed by atoms with Crippen LogP contribution in [0.5, 0.6) is 5.75 Å². The van der Waals surface area contributed by atoms with Crippen molar-refractivity contribution in [2.45, 2.75) is 20.3 Å². The zero-order chi connectivity index (χ0) is 9.68. The molecule has 0 fully saturated rings. The Labute approximate surface area is 77.7 Å². The van der Waals surface area contributed by atoms with Crippen LogP contribution in [0.2, 0.25) is 0 Å². The van der Waals surface area contributed by atoms with E-state index in [0.29, 0.717) is 12.2 Å². The third-order valence-electron chi connectivity index (χ3n) is 1.59.